The third-order valence-electron chi connectivity index (χ3n) is 2.53. The van der Waals surface area contributed by atoms with Crippen LogP contribution in [0, 0.1) is 0 Å². The molecule has 0 bridgehead atoms. The van der Waals surface area contributed by atoms with E-state index in [0.29, 0.717) is 0 Å². The van der Waals surface area contributed by atoms with Crippen LogP contribution < -0.4 is 5.32 Å². The molecule has 0 aliphatic carbocycles. The van der Waals surface area contributed by atoms with Crippen molar-refractivity contribution >= 4 is 24.8 Å². The van der Waals surface area contributed by atoms with Gasteiger partial charge in [-0.05, 0) is 6.54 Å². The molecule has 1 aromatic carbocycles. The van der Waals surface area contributed by atoms with Crippen LogP contribution in [0.1, 0.15) is 6.92 Å². The molecule has 2 aliphatic rings. The molecule has 2 saturated heterocycles. The van der Waals surface area contributed by atoms with Crippen molar-refractivity contribution in [1.82, 2.24) is 10.2 Å². The summed E-state index contributed by atoms with van der Waals surface area (Å²) in [5.74, 6) is 0. The van der Waals surface area contributed by atoms with Crippen molar-refractivity contribution in [2.45, 2.75) is 6.92 Å². The Labute approximate surface area is 129 Å². The second kappa shape index (κ2) is 15.7. The molecule has 112 valence electrons. The fourth-order valence-corrected chi connectivity index (χ4v) is 1.41. The van der Waals surface area contributed by atoms with Gasteiger partial charge < -0.3 is 15.0 Å². The highest BCUT2D eigenvalue weighted by Crippen LogP contribution is 1.88. The predicted octanol–water partition coefficient (Wildman–Crippen LogP) is 2.46. The quantitative estimate of drug-likeness (QED) is 0.808. The van der Waals surface area contributed by atoms with Gasteiger partial charge in [0, 0.05) is 26.2 Å². The van der Waals surface area contributed by atoms with Crippen LogP contribution in [0.2, 0.25) is 0 Å². The maximum atomic E-state index is 4.50. The minimum Gasteiger partial charge on any atom is -0.377 e. The molecule has 0 unspecified atom stereocenters. The molecule has 0 aromatic heterocycles. The molecule has 0 spiro atoms. The summed E-state index contributed by atoms with van der Waals surface area (Å²) < 4.78 is 4.50. The van der Waals surface area contributed by atoms with E-state index in [2.05, 4.69) is 21.9 Å². The van der Waals surface area contributed by atoms with Crippen molar-refractivity contribution in [2.24, 2.45) is 0 Å². The molecule has 0 amide bonds. The number of hydrogen-bond acceptors (Lipinski definition) is 3. The molecule has 0 radical (unpaired) electrons. The Kier molecular flexibility index (Phi) is 17.4. The van der Waals surface area contributed by atoms with Crippen molar-refractivity contribution in [3.8, 4) is 0 Å². The van der Waals surface area contributed by atoms with Gasteiger partial charge in [-0.2, -0.15) is 0 Å². The van der Waals surface area contributed by atoms with Crippen LogP contribution in [0.25, 0.3) is 0 Å². The van der Waals surface area contributed by atoms with Crippen LogP contribution in [0.4, 0.5) is 0 Å². The summed E-state index contributed by atoms with van der Waals surface area (Å²) in [5.41, 5.74) is 0. The largest absolute Gasteiger partial charge is 0.377 e. The summed E-state index contributed by atoms with van der Waals surface area (Å²) in [6, 6.07) is 12.0. The van der Waals surface area contributed by atoms with E-state index in [0.717, 1.165) is 13.2 Å². The van der Waals surface area contributed by atoms with Gasteiger partial charge in [-0.1, -0.05) is 43.3 Å². The highest BCUT2D eigenvalue weighted by Gasteiger charge is 2.04. The highest BCUT2D eigenvalue weighted by atomic mass is 35.5. The third-order valence-corrected chi connectivity index (χ3v) is 2.53. The first-order chi connectivity index (χ1) is 8.43. The molecule has 2 aliphatic heterocycles. The highest BCUT2D eigenvalue weighted by molar-refractivity contribution is 5.85. The lowest BCUT2D eigenvalue weighted by molar-refractivity contribution is 0.253. The van der Waals surface area contributed by atoms with E-state index in [4.69, 9.17) is 0 Å². The zero-order chi connectivity index (χ0) is 12.2. The number of epoxide rings is 1. The molecule has 3 rings (SSSR count). The molecule has 3 nitrogen and oxygen atoms in total. The molecule has 5 heteroatoms. The van der Waals surface area contributed by atoms with E-state index < -0.39 is 0 Å². The maximum Gasteiger partial charge on any atom is 0.0701 e. The van der Waals surface area contributed by atoms with Crippen LogP contribution in [0.5, 0.6) is 0 Å². The normalized spacial score (nSPS) is 16.3. The van der Waals surface area contributed by atoms with Crippen molar-refractivity contribution in [1.29, 1.82) is 0 Å². The Morgan fingerprint density at radius 3 is 1.47 bits per heavy atom. The van der Waals surface area contributed by atoms with Gasteiger partial charge in [-0.25, -0.2) is 0 Å². The first-order valence-corrected chi connectivity index (χ1v) is 6.44. The van der Waals surface area contributed by atoms with E-state index in [1.54, 1.807) is 0 Å². The van der Waals surface area contributed by atoms with Crippen LogP contribution in [0.3, 0.4) is 0 Å². The molecule has 19 heavy (non-hydrogen) atoms. The van der Waals surface area contributed by atoms with Crippen LogP contribution in [-0.2, 0) is 4.74 Å². The van der Waals surface area contributed by atoms with E-state index >= 15 is 0 Å². The minimum atomic E-state index is 0. The second-order valence-electron chi connectivity index (χ2n) is 3.95. The van der Waals surface area contributed by atoms with Crippen LogP contribution in [-0.4, -0.2) is 50.8 Å². The summed E-state index contributed by atoms with van der Waals surface area (Å²) in [6.45, 7) is 10.2. The Morgan fingerprint density at radius 1 is 0.895 bits per heavy atom. The molecular formula is C14H26Cl2N2O. The standard InChI is InChI=1S/C6H14N2.C6H6.C2H4O.2ClH/c1-2-8-5-3-7-4-6-8;1-2-4-6-5-3-1;1-2-3-1;;/h7H,2-6H2,1H3;1-6H;1-2H2;2*1H. The van der Waals surface area contributed by atoms with Crippen molar-refractivity contribution < 1.29 is 4.74 Å². The molecular weight excluding hydrogens is 283 g/mol. The lowest BCUT2D eigenvalue weighted by atomic mass is 10.4. The van der Waals surface area contributed by atoms with Gasteiger partial charge >= 0.3 is 0 Å². The van der Waals surface area contributed by atoms with Crippen molar-refractivity contribution in [3.05, 3.63) is 36.4 Å². The number of likely N-dealkylation sites (N-methyl/N-ethyl adjacent to an activating group) is 1. The summed E-state index contributed by atoms with van der Waals surface area (Å²) in [6.07, 6.45) is 0. The number of piperazine rings is 1. The molecule has 1 aromatic rings. The van der Waals surface area contributed by atoms with Crippen molar-refractivity contribution in [2.75, 3.05) is 45.9 Å². The summed E-state index contributed by atoms with van der Waals surface area (Å²) in [7, 11) is 0. The number of hydrogen-bond donors (Lipinski definition) is 1. The van der Waals surface area contributed by atoms with Gasteiger partial charge in [0.05, 0.1) is 13.2 Å². The molecule has 1 N–H and O–H groups in total. The van der Waals surface area contributed by atoms with Gasteiger partial charge in [-0.15, -0.1) is 24.8 Å². The topological polar surface area (TPSA) is 27.8 Å². The average Bonchev–Trinajstić information content (AvgIpc) is 3.31. The zero-order valence-corrected chi connectivity index (χ0v) is 13.2. The first-order valence-electron chi connectivity index (χ1n) is 6.44. The van der Waals surface area contributed by atoms with Crippen LogP contribution in [0.15, 0.2) is 36.4 Å². The fourth-order valence-electron chi connectivity index (χ4n) is 1.41. The van der Waals surface area contributed by atoms with E-state index in [1.807, 2.05) is 36.4 Å². The Balaban J connectivity index is 0. The summed E-state index contributed by atoms with van der Waals surface area (Å²) >= 11 is 0. The monoisotopic (exact) mass is 308 g/mol. The number of rotatable bonds is 1. The van der Waals surface area contributed by atoms with Crippen LogP contribution >= 0.6 is 24.8 Å². The lowest BCUT2D eigenvalue weighted by Crippen LogP contribution is -2.43. The van der Waals surface area contributed by atoms with E-state index in [1.165, 1.54) is 32.7 Å². The zero-order valence-electron chi connectivity index (χ0n) is 11.6. The van der Waals surface area contributed by atoms with Gasteiger partial charge in [0.25, 0.3) is 0 Å². The third kappa shape index (κ3) is 15.6. The van der Waals surface area contributed by atoms with Gasteiger partial charge in [0.15, 0.2) is 0 Å². The van der Waals surface area contributed by atoms with Crippen molar-refractivity contribution in [3.63, 3.8) is 0 Å². The summed E-state index contributed by atoms with van der Waals surface area (Å²) in [5, 5.41) is 3.31. The maximum absolute atomic E-state index is 4.50. The number of nitrogens with zero attached hydrogens (tertiary/aromatic N) is 1. The van der Waals surface area contributed by atoms with E-state index in [-0.39, 0.29) is 24.8 Å². The average molecular weight is 309 g/mol. The molecule has 0 saturated carbocycles. The van der Waals surface area contributed by atoms with Gasteiger partial charge in [-0.3, -0.25) is 0 Å². The second-order valence-corrected chi connectivity index (χ2v) is 3.95. The Bertz CT molecular complexity index is 225. The number of benzene rings is 1. The Hall–Kier alpha value is -0.320. The summed E-state index contributed by atoms with van der Waals surface area (Å²) in [4.78, 5) is 2.45. The first kappa shape index (κ1) is 21.0. The molecule has 2 heterocycles. The van der Waals surface area contributed by atoms with E-state index in [9.17, 15) is 0 Å². The molecule has 0 atom stereocenters. The SMILES string of the molecule is C1CO1.CCN1CCNCC1.Cl.Cl.c1ccccc1. The fraction of sp³-hybridized carbons (Fsp3) is 0.571. The number of ether oxygens (including phenoxy) is 1. The lowest BCUT2D eigenvalue weighted by Gasteiger charge is -2.25. The van der Waals surface area contributed by atoms with Gasteiger partial charge in [0.1, 0.15) is 0 Å². The number of nitrogens with one attached hydrogen (secondary N) is 1. The number of halogens is 2. The minimum absolute atomic E-state index is 0. The molecule has 2 fully saturated rings. The Morgan fingerprint density at radius 2 is 1.26 bits per heavy atom. The smallest absolute Gasteiger partial charge is 0.0701 e. The van der Waals surface area contributed by atoms with Gasteiger partial charge in [0.2, 0.25) is 0 Å². The predicted molar refractivity (Wildman–Crippen MR) is 86.7 cm³/mol.